The maximum atomic E-state index is 14.3. The number of hydrogen-bond acceptors (Lipinski definition) is 7. The molecule has 1 unspecified atom stereocenters. The number of aromatic nitrogens is 1. The number of fused-ring (bicyclic) bond motifs is 5. The molecular formula is C39H58ClN5O2. The summed E-state index contributed by atoms with van der Waals surface area (Å²) >= 11 is 0. The van der Waals surface area contributed by atoms with E-state index in [1.54, 1.807) is 6.08 Å². The maximum absolute atomic E-state index is 14.3. The van der Waals surface area contributed by atoms with Crippen LogP contribution in [0.3, 0.4) is 0 Å². The van der Waals surface area contributed by atoms with Crippen molar-refractivity contribution in [3.05, 3.63) is 47.6 Å². The van der Waals surface area contributed by atoms with Crippen LogP contribution in [0.2, 0.25) is 0 Å². The number of rotatable bonds is 10. The number of carbonyl (C=O) groups excluding carboxylic acids is 2. The summed E-state index contributed by atoms with van der Waals surface area (Å²) in [6.07, 6.45) is 12.5. The van der Waals surface area contributed by atoms with Gasteiger partial charge >= 0.3 is 0 Å². The van der Waals surface area contributed by atoms with E-state index in [0.717, 1.165) is 89.7 Å². The van der Waals surface area contributed by atoms with Gasteiger partial charge in [-0.15, -0.1) is 12.4 Å². The average Bonchev–Trinajstić information content (AvgIpc) is 3.33. The zero-order valence-electron chi connectivity index (χ0n) is 29.9. The van der Waals surface area contributed by atoms with Crippen molar-refractivity contribution < 1.29 is 9.59 Å². The van der Waals surface area contributed by atoms with Gasteiger partial charge in [0.25, 0.3) is 0 Å². The Morgan fingerprint density at radius 1 is 1.00 bits per heavy atom. The highest BCUT2D eigenvalue weighted by Crippen LogP contribution is 2.65. The van der Waals surface area contributed by atoms with Gasteiger partial charge in [0, 0.05) is 63.7 Å². The van der Waals surface area contributed by atoms with Gasteiger partial charge < -0.3 is 14.7 Å². The van der Waals surface area contributed by atoms with E-state index in [2.05, 4.69) is 92.4 Å². The van der Waals surface area contributed by atoms with Crippen molar-refractivity contribution >= 4 is 41.3 Å². The second-order valence-corrected chi connectivity index (χ2v) is 15.0. The third kappa shape index (κ3) is 6.20. The minimum atomic E-state index is -0.131. The normalized spacial score (nSPS) is 31.6. The van der Waals surface area contributed by atoms with Crippen LogP contribution in [-0.2, 0) is 9.59 Å². The molecular weight excluding hydrogens is 606 g/mol. The summed E-state index contributed by atoms with van der Waals surface area (Å²) in [4.78, 5) is 41.2. The summed E-state index contributed by atoms with van der Waals surface area (Å²) in [5.41, 5.74) is 3.88. The minimum Gasteiger partial charge on any atom is -0.369 e. The third-order valence-corrected chi connectivity index (χ3v) is 12.7. The third-order valence-electron chi connectivity index (χ3n) is 12.7. The van der Waals surface area contributed by atoms with Crippen LogP contribution in [0.1, 0.15) is 74.1 Å². The molecule has 0 aromatic carbocycles. The van der Waals surface area contributed by atoms with Gasteiger partial charge in [0.05, 0.1) is 12.2 Å². The number of halogens is 1. The van der Waals surface area contributed by atoms with Gasteiger partial charge in [-0.05, 0) is 108 Å². The number of ketones is 2. The van der Waals surface area contributed by atoms with Crippen molar-refractivity contribution in [2.75, 3.05) is 73.6 Å². The second kappa shape index (κ2) is 14.1. The van der Waals surface area contributed by atoms with E-state index < -0.39 is 0 Å². The van der Waals surface area contributed by atoms with Crippen LogP contribution in [0.5, 0.6) is 0 Å². The van der Waals surface area contributed by atoms with Crippen molar-refractivity contribution in [1.29, 1.82) is 0 Å². The Labute approximate surface area is 289 Å². The molecule has 1 aromatic rings. The lowest BCUT2D eigenvalue weighted by molar-refractivity contribution is -0.129. The van der Waals surface area contributed by atoms with Crippen LogP contribution in [0, 0.1) is 34.5 Å². The largest absolute Gasteiger partial charge is 0.369 e. The molecule has 47 heavy (non-hydrogen) atoms. The fourth-order valence-electron chi connectivity index (χ4n) is 10.2. The van der Waals surface area contributed by atoms with Gasteiger partial charge in [0.15, 0.2) is 17.4 Å². The Morgan fingerprint density at radius 2 is 1.68 bits per heavy atom. The summed E-state index contributed by atoms with van der Waals surface area (Å²) in [5.74, 6) is 4.23. The van der Waals surface area contributed by atoms with E-state index in [-0.39, 0.29) is 34.9 Å². The Morgan fingerprint density at radius 3 is 2.34 bits per heavy atom. The zero-order chi connectivity index (χ0) is 32.8. The van der Waals surface area contributed by atoms with Crippen LogP contribution in [0.4, 0.5) is 17.3 Å². The van der Waals surface area contributed by atoms with E-state index in [0.29, 0.717) is 30.1 Å². The van der Waals surface area contributed by atoms with Crippen molar-refractivity contribution in [3.8, 4) is 0 Å². The fraction of sp³-hybridized carbons (Fsp3) is 0.667. The summed E-state index contributed by atoms with van der Waals surface area (Å²) in [5, 5.41) is 0. The molecule has 3 fully saturated rings. The van der Waals surface area contributed by atoms with Crippen molar-refractivity contribution in [1.82, 2.24) is 9.88 Å². The van der Waals surface area contributed by atoms with Crippen LogP contribution in [0.25, 0.3) is 0 Å². The molecule has 4 aliphatic carbocycles. The van der Waals surface area contributed by atoms with Crippen LogP contribution < -0.4 is 14.7 Å². The number of Topliss-reactive ketones (excluding diaryl/α,β-unsaturated/α-hetero) is 1. The number of piperazine rings is 1. The zero-order valence-corrected chi connectivity index (χ0v) is 30.7. The van der Waals surface area contributed by atoms with Crippen LogP contribution in [-0.4, -0.2) is 80.4 Å². The van der Waals surface area contributed by atoms with E-state index in [1.165, 1.54) is 16.8 Å². The highest BCUT2D eigenvalue weighted by molar-refractivity contribution is 6.01. The lowest BCUT2D eigenvalue weighted by Crippen LogP contribution is -2.51. The van der Waals surface area contributed by atoms with E-state index in [9.17, 15) is 9.59 Å². The van der Waals surface area contributed by atoms with Gasteiger partial charge in [0.2, 0.25) is 0 Å². The monoisotopic (exact) mass is 663 g/mol. The van der Waals surface area contributed by atoms with Crippen molar-refractivity contribution in [2.24, 2.45) is 34.5 Å². The molecule has 0 bridgehead atoms. The Balaban J connectivity index is 0.00000433. The minimum absolute atomic E-state index is 0. The molecule has 6 rings (SSSR count). The van der Waals surface area contributed by atoms with E-state index in [1.807, 2.05) is 6.08 Å². The first-order valence-electron chi connectivity index (χ1n) is 18.2. The molecule has 0 amide bonds. The summed E-state index contributed by atoms with van der Waals surface area (Å²) < 4.78 is 0. The SMILES string of the molecule is CCN(CC)c1ccc(N(CC)CC)c(N2CCN(CC(=O)[C@H]3C(C)C[C@H]4[C@@H]5CCC6=CC(=O)C=C[C@]6(C)C5=CC[C@]34C)CC2)n1.Cl. The molecule has 258 valence electrons. The Hall–Kier alpha value is -2.64. The number of anilines is 3. The number of nitrogens with zero attached hydrogens (tertiary/aromatic N) is 5. The lowest BCUT2D eigenvalue weighted by atomic mass is 9.52. The maximum Gasteiger partial charge on any atom is 0.178 e. The number of carbonyl (C=O) groups is 2. The van der Waals surface area contributed by atoms with Gasteiger partial charge in [-0.25, -0.2) is 4.98 Å². The van der Waals surface area contributed by atoms with E-state index in [4.69, 9.17) is 4.98 Å². The molecule has 5 aliphatic rings. The van der Waals surface area contributed by atoms with Gasteiger partial charge in [0.1, 0.15) is 5.82 Å². The predicted octanol–water partition coefficient (Wildman–Crippen LogP) is 6.98. The highest BCUT2D eigenvalue weighted by Gasteiger charge is 2.59. The first kappa shape index (κ1) is 35.7. The van der Waals surface area contributed by atoms with Crippen LogP contribution in [0.15, 0.2) is 47.6 Å². The number of allylic oxidation sites excluding steroid dienone is 6. The lowest BCUT2D eigenvalue weighted by Gasteiger charge is -2.52. The molecule has 1 aromatic heterocycles. The molecule has 6 atom stereocenters. The smallest absolute Gasteiger partial charge is 0.178 e. The van der Waals surface area contributed by atoms with E-state index >= 15 is 0 Å². The van der Waals surface area contributed by atoms with Crippen molar-refractivity contribution in [3.63, 3.8) is 0 Å². The average molecular weight is 664 g/mol. The summed E-state index contributed by atoms with van der Waals surface area (Å²) in [6, 6.07) is 4.44. The van der Waals surface area contributed by atoms with Gasteiger partial charge in [-0.3, -0.25) is 14.5 Å². The first-order valence-corrected chi connectivity index (χ1v) is 18.2. The topological polar surface area (TPSA) is 60.0 Å². The Kier molecular flexibility index (Phi) is 10.7. The summed E-state index contributed by atoms with van der Waals surface area (Å²) in [6.45, 7) is 23.7. The molecule has 1 saturated heterocycles. The number of pyridine rings is 1. The fourth-order valence-corrected chi connectivity index (χ4v) is 10.2. The van der Waals surface area contributed by atoms with Gasteiger partial charge in [-0.2, -0.15) is 0 Å². The molecule has 0 N–H and O–H groups in total. The molecule has 8 heteroatoms. The number of hydrogen-bond donors (Lipinski definition) is 0. The highest BCUT2D eigenvalue weighted by atomic mass is 35.5. The summed E-state index contributed by atoms with van der Waals surface area (Å²) in [7, 11) is 0. The van der Waals surface area contributed by atoms with Crippen molar-refractivity contribution in [2.45, 2.75) is 74.1 Å². The Bertz CT molecular complexity index is 1420. The predicted molar refractivity (Wildman–Crippen MR) is 197 cm³/mol. The first-order chi connectivity index (χ1) is 22.1. The molecule has 2 heterocycles. The quantitative estimate of drug-likeness (QED) is 0.251. The second-order valence-electron chi connectivity index (χ2n) is 15.0. The van der Waals surface area contributed by atoms with Gasteiger partial charge in [-0.1, -0.05) is 37.1 Å². The molecule has 1 aliphatic heterocycles. The molecule has 2 saturated carbocycles. The standard InChI is InChI=1S/C39H57N5O2.ClH/c1-8-42(9-2)33-14-15-35(43(10-3)11-4)40-37(33)44-22-20-41(21-23-44)26-34(46)36-27(5)24-32-30-13-12-28-25-29(45)16-18-38(28,6)31(30)17-19-39(32,36)7;/h14-18,25,27,30,32,36H,8-13,19-24,26H2,1-7H3;1H/t27?,30-,32+,36-,38+,39+;/m1./s1. The van der Waals surface area contributed by atoms with Crippen LogP contribution >= 0.6 is 12.4 Å². The molecule has 7 nitrogen and oxygen atoms in total. The molecule has 0 radical (unpaired) electrons. The molecule has 0 spiro atoms.